The van der Waals surface area contributed by atoms with Crippen LogP contribution in [-0.2, 0) is 10.0 Å². The summed E-state index contributed by atoms with van der Waals surface area (Å²) in [5.41, 5.74) is 2.22. The zero-order chi connectivity index (χ0) is 21.6. The van der Waals surface area contributed by atoms with E-state index in [1.807, 2.05) is 56.3 Å². The lowest BCUT2D eigenvalue weighted by atomic mass is 10.1. The Bertz CT molecular complexity index is 924. The first-order valence-corrected chi connectivity index (χ1v) is 11.3. The Hall–Kier alpha value is -2.22. The number of rotatable bonds is 9. The van der Waals surface area contributed by atoms with Gasteiger partial charge in [0.2, 0.25) is 10.0 Å². The summed E-state index contributed by atoms with van der Waals surface area (Å²) in [6.45, 7) is 6.60. The third-order valence-corrected chi connectivity index (χ3v) is 7.11. The van der Waals surface area contributed by atoms with Crippen molar-refractivity contribution in [3.8, 4) is 0 Å². The molecule has 2 aromatic carbocycles. The highest BCUT2D eigenvalue weighted by Gasteiger charge is 2.24. The zero-order valence-corrected chi connectivity index (χ0v) is 18.7. The molecular weight excluding hydrogens is 386 g/mol. The van der Waals surface area contributed by atoms with E-state index in [0.717, 1.165) is 11.1 Å². The largest absolute Gasteiger partial charge is 0.350 e. The second-order valence-electron chi connectivity index (χ2n) is 7.17. The molecule has 1 N–H and O–H groups in total. The van der Waals surface area contributed by atoms with Crippen LogP contribution in [0.3, 0.4) is 0 Å². The average molecular weight is 418 g/mol. The molecule has 6 nitrogen and oxygen atoms in total. The molecule has 2 aromatic rings. The predicted octanol–water partition coefficient (Wildman–Crippen LogP) is 3.06. The van der Waals surface area contributed by atoms with Crippen LogP contribution in [0.15, 0.2) is 53.4 Å². The van der Waals surface area contributed by atoms with Crippen LogP contribution in [0, 0.1) is 6.92 Å². The Morgan fingerprint density at radius 3 is 2.21 bits per heavy atom. The summed E-state index contributed by atoms with van der Waals surface area (Å²) in [4.78, 5) is 15.1. The lowest BCUT2D eigenvalue weighted by Crippen LogP contribution is -2.35. The number of carbonyl (C=O) groups excluding carboxylic acids is 1. The summed E-state index contributed by atoms with van der Waals surface area (Å²) in [6, 6.07) is 14.7. The van der Waals surface area contributed by atoms with Gasteiger partial charge in [0.25, 0.3) is 5.91 Å². The lowest BCUT2D eigenvalue weighted by Gasteiger charge is -2.25. The second kappa shape index (κ2) is 10.0. The molecule has 0 saturated carbocycles. The number of likely N-dealkylation sites (N-methyl/N-ethyl adjacent to an activating group) is 1. The van der Waals surface area contributed by atoms with E-state index in [2.05, 4.69) is 5.32 Å². The molecule has 0 saturated heterocycles. The van der Waals surface area contributed by atoms with Crippen molar-refractivity contribution in [2.45, 2.75) is 31.7 Å². The van der Waals surface area contributed by atoms with Crippen LogP contribution in [-0.4, -0.2) is 57.3 Å². The van der Waals surface area contributed by atoms with E-state index in [1.165, 1.54) is 10.4 Å². The van der Waals surface area contributed by atoms with Crippen molar-refractivity contribution in [1.82, 2.24) is 14.5 Å². The van der Waals surface area contributed by atoms with Gasteiger partial charge in [0, 0.05) is 25.2 Å². The van der Waals surface area contributed by atoms with Gasteiger partial charge in [-0.05, 0) is 44.3 Å². The van der Waals surface area contributed by atoms with Crippen LogP contribution >= 0.6 is 0 Å². The topological polar surface area (TPSA) is 69.7 Å². The molecule has 1 unspecified atom stereocenters. The summed E-state index contributed by atoms with van der Waals surface area (Å²) < 4.78 is 27.0. The number of amides is 1. The maximum atomic E-state index is 12.9. The minimum absolute atomic E-state index is 0.0167. The van der Waals surface area contributed by atoms with Gasteiger partial charge < -0.3 is 10.2 Å². The molecule has 0 spiro atoms. The smallest absolute Gasteiger partial charge is 0.251 e. The standard InChI is InChI=1S/C22H31N3O3S/c1-6-25(7-2)29(27,28)19-14-13-17(3)20(15-19)22(26)23-16-21(24(4)5)18-11-9-8-10-12-18/h8-15,21H,6-7,16H2,1-5H3,(H,23,26). The Morgan fingerprint density at radius 2 is 1.66 bits per heavy atom. The highest BCUT2D eigenvalue weighted by Crippen LogP contribution is 2.21. The number of aryl methyl sites for hydroxylation is 1. The van der Waals surface area contributed by atoms with Crippen molar-refractivity contribution in [1.29, 1.82) is 0 Å². The minimum atomic E-state index is -3.62. The molecule has 0 aliphatic rings. The number of nitrogens with zero attached hydrogens (tertiary/aromatic N) is 2. The summed E-state index contributed by atoms with van der Waals surface area (Å²) in [7, 11) is 0.313. The van der Waals surface area contributed by atoms with Gasteiger partial charge in [0.05, 0.1) is 10.9 Å². The minimum Gasteiger partial charge on any atom is -0.350 e. The summed E-state index contributed by atoms with van der Waals surface area (Å²) in [6.07, 6.45) is 0. The fourth-order valence-electron chi connectivity index (χ4n) is 3.28. The normalized spacial score (nSPS) is 12.9. The van der Waals surface area contributed by atoms with Crippen LogP contribution in [0.4, 0.5) is 0 Å². The zero-order valence-electron chi connectivity index (χ0n) is 17.8. The van der Waals surface area contributed by atoms with Crippen molar-refractivity contribution in [2.75, 3.05) is 33.7 Å². The number of sulfonamides is 1. The van der Waals surface area contributed by atoms with Gasteiger partial charge >= 0.3 is 0 Å². The van der Waals surface area contributed by atoms with Crippen molar-refractivity contribution in [3.63, 3.8) is 0 Å². The maximum absolute atomic E-state index is 12.9. The van der Waals surface area contributed by atoms with Crippen LogP contribution in [0.25, 0.3) is 0 Å². The van der Waals surface area contributed by atoms with Gasteiger partial charge in [-0.15, -0.1) is 0 Å². The quantitative estimate of drug-likeness (QED) is 0.681. The second-order valence-corrected chi connectivity index (χ2v) is 9.10. The Labute approximate surface area is 174 Å². The van der Waals surface area contributed by atoms with E-state index >= 15 is 0 Å². The molecule has 0 bridgehead atoms. The highest BCUT2D eigenvalue weighted by atomic mass is 32.2. The van der Waals surface area contributed by atoms with Crippen molar-refractivity contribution in [2.24, 2.45) is 0 Å². The van der Waals surface area contributed by atoms with Gasteiger partial charge in [-0.1, -0.05) is 50.2 Å². The monoisotopic (exact) mass is 417 g/mol. The number of carbonyl (C=O) groups is 1. The molecule has 0 fully saturated rings. The molecule has 0 aliphatic carbocycles. The van der Waals surface area contributed by atoms with Gasteiger partial charge in [-0.25, -0.2) is 8.42 Å². The molecule has 0 aliphatic heterocycles. The lowest BCUT2D eigenvalue weighted by molar-refractivity contribution is 0.0941. The van der Waals surface area contributed by atoms with E-state index in [-0.39, 0.29) is 16.8 Å². The van der Waals surface area contributed by atoms with E-state index in [4.69, 9.17) is 0 Å². The fraction of sp³-hybridized carbons (Fsp3) is 0.409. The third kappa shape index (κ3) is 5.44. The first-order valence-electron chi connectivity index (χ1n) is 9.82. The molecule has 29 heavy (non-hydrogen) atoms. The number of benzene rings is 2. The average Bonchev–Trinajstić information content (AvgIpc) is 2.69. The van der Waals surface area contributed by atoms with Gasteiger partial charge in [-0.3, -0.25) is 4.79 Å². The Kier molecular flexibility index (Phi) is 7.96. The summed E-state index contributed by atoms with van der Waals surface area (Å²) >= 11 is 0. The highest BCUT2D eigenvalue weighted by molar-refractivity contribution is 7.89. The van der Waals surface area contributed by atoms with Crippen LogP contribution in [0.1, 0.15) is 41.4 Å². The first-order chi connectivity index (χ1) is 13.7. The molecule has 158 valence electrons. The number of hydrogen-bond acceptors (Lipinski definition) is 4. The molecule has 2 rings (SSSR count). The summed E-state index contributed by atoms with van der Waals surface area (Å²) in [5.74, 6) is -0.276. The van der Waals surface area contributed by atoms with E-state index in [9.17, 15) is 13.2 Å². The fourth-order valence-corrected chi connectivity index (χ4v) is 4.76. The van der Waals surface area contributed by atoms with E-state index in [1.54, 1.807) is 26.0 Å². The maximum Gasteiger partial charge on any atom is 0.251 e. The molecule has 0 heterocycles. The van der Waals surface area contributed by atoms with E-state index in [0.29, 0.717) is 25.2 Å². The molecule has 1 atom stereocenters. The van der Waals surface area contributed by atoms with Crippen LogP contribution in [0.2, 0.25) is 0 Å². The SMILES string of the molecule is CCN(CC)S(=O)(=O)c1ccc(C)c(C(=O)NCC(c2ccccc2)N(C)C)c1. The first kappa shape index (κ1) is 23.1. The molecule has 0 radical (unpaired) electrons. The van der Waals surface area contributed by atoms with Crippen molar-refractivity contribution in [3.05, 3.63) is 65.2 Å². The molecule has 0 aromatic heterocycles. The van der Waals surface area contributed by atoms with Gasteiger partial charge in [0.1, 0.15) is 0 Å². The van der Waals surface area contributed by atoms with Gasteiger partial charge in [-0.2, -0.15) is 4.31 Å². The Morgan fingerprint density at radius 1 is 1.03 bits per heavy atom. The van der Waals surface area contributed by atoms with Gasteiger partial charge in [0.15, 0.2) is 0 Å². The predicted molar refractivity (Wildman–Crippen MR) is 116 cm³/mol. The van der Waals surface area contributed by atoms with Crippen LogP contribution in [0.5, 0.6) is 0 Å². The molecule has 7 heteroatoms. The number of nitrogens with one attached hydrogen (secondary N) is 1. The van der Waals surface area contributed by atoms with Crippen molar-refractivity contribution >= 4 is 15.9 Å². The van der Waals surface area contributed by atoms with E-state index < -0.39 is 10.0 Å². The van der Waals surface area contributed by atoms with Crippen LogP contribution < -0.4 is 5.32 Å². The Balaban J connectivity index is 2.25. The number of hydrogen-bond donors (Lipinski definition) is 1. The molecule has 1 amide bonds. The third-order valence-electron chi connectivity index (χ3n) is 5.06. The van der Waals surface area contributed by atoms with Crippen molar-refractivity contribution < 1.29 is 13.2 Å². The summed E-state index contributed by atoms with van der Waals surface area (Å²) in [5, 5.41) is 2.97. The molecular formula is C22H31N3O3S.